The first-order chi connectivity index (χ1) is 17.0. The first-order valence-electron chi connectivity index (χ1n) is 12.9. The second-order valence-corrected chi connectivity index (χ2v) is 10.9. The van der Waals surface area contributed by atoms with E-state index in [9.17, 15) is 18.4 Å². The Morgan fingerprint density at radius 1 is 1.14 bits per heavy atom. The maximum Gasteiger partial charge on any atom is 0.410 e. The van der Waals surface area contributed by atoms with Crippen LogP contribution < -0.4 is 4.90 Å². The molecular weight excluding hydrogens is 466 g/mol. The molecule has 0 atom stereocenters. The van der Waals surface area contributed by atoms with Gasteiger partial charge in [0.2, 0.25) is 5.91 Å². The number of halogens is 2. The first-order valence-corrected chi connectivity index (χ1v) is 12.9. The minimum atomic E-state index is -2.89. The second-order valence-electron chi connectivity index (χ2n) is 10.9. The molecule has 2 aliphatic heterocycles. The minimum Gasteiger partial charge on any atom is -0.447 e. The third-order valence-corrected chi connectivity index (χ3v) is 7.71. The van der Waals surface area contributed by atoms with Crippen molar-refractivity contribution in [1.29, 1.82) is 0 Å². The van der Waals surface area contributed by atoms with Crippen LogP contribution in [0.25, 0.3) is 0 Å². The summed E-state index contributed by atoms with van der Waals surface area (Å²) < 4.78 is 36.8. The second kappa shape index (κ2) is 8.85. The van der Waals surface area contributed by atoms with E-state index in [1.807, 2.05) is 24.3 Å². The summed E-state index contributed by atoms with van der Waals surface area (Å²) in [5, 5.41) is 0. The normalized spacial score (nSPS) is 18.6. The maximum absolute atomic E-state index is 14.9. The van der Waals surface area contributed by atoms with E-state index in [0.717, 1.165) is 48.3 Å². The topological polar surface area (TPSA) is 67.7 Å². The molecule has 1 aliphatic carbocycles. The predicted molar refractivity (Wildman–Crippen MR) is 131 cm³/mol. The van der Waals surface area contributed by atoms with Gasteiger partial charge < -0.3 is 19.1 Å². The van der Waals surface area contributed by atoms with Crippen molar-refractivity contribution in [3.63, 3.8) is 0 Å². The van der Waals surface area contributed by atoms with Gasteiger partial charge in [0.05, 0.1) is 24.9 Å². The van der Waals surface area contributed by atoms with E-state index in [1.165, 1.54) is 13.8 Å². The van der Waals surface area contributed by atoms with Gasteiger partial charge in [-0.3, -0.25) is 4.79 Å². The average molecular weight is 501 g/mol. The largest absolute Gasteiger partial charge is 0.447 e. The van der Waals surface area contributed by atoms with Crippen LogP contribution >= 0.6 is 0 Å². The van der Waals surface area contributed by atoms with Crippen LogP contribution in [-0.4, -0.2) is 51.6 Å². The van der Waals surface area contributed by atoms with Gasteiger partial charge in [0.15, 0.2) is 0 Å². The Morgan fingerprint density at radius 2 is 1.83 bits per heavy atom. The molecule has 2 amide bonds. The lowest BCUT2D eigenvalue weighted by Crippen LogP contribution is -2.65. The number of aryl methyl sites for hydroxylation is 1. The van der Waals surface area contributed by atoms with E-state index in [-0.39, 0.29) is 31.6 Å². The summed E-state index contributed by atoms with van der Waals surface area (Å²) in [6.07, 6.45) is 2.75. The van der Waals surface area contributed by atoms with E-state index in [0.29, 0.717) is 5.82 Å². The van der Waals surface area contributed by atoms with Gasteiger partial charge in [-0.25, -0.2) is 18.6 Å². The molecule has 5 rings (SSSR count). The van der Waals surface area contributed by atoms with Gasteiger partial charge in [0, 0.05) is 30.4 Å². The molecule has 7 nitrogen and oxygen atoms in total. The summed E-state index contributed by atoms with van der Waals surface area (Å²) in [4.78, 5) is 34.3. The van der Waals surface area contributed by atoms with Crippen molar-refractivity contribution in [2.45, 2.75) is 83.9 Å². The summed E-state index contributed by atoms with van der Waals surface area (Å²) in [5.41, 5.74) is 2.52. The van der Waals surface area contributed by atoms with Crippen molar-refractivity contribution in [1.82, 2.24) is 14.5 Å². The number of benzene rings is 1. The number of ether oxygens (including phenoxy) is 1. The minimum absolute atomic E-state index is 0.120. The summed E-state index contributed by atoms with van der Waals surface area (Å²) in [6, 6.07) is 7.55. The lowest BCUT2D eigenvalue weighted by Gasteiger charge is -2.46. The zero-order valence-corrected chi connectivity index (χ0v) is 21.4. The van der Waals surface area contributed by atoms with Gasteiger partial charge in [-0.2, -0.15) is 0 Å². The van der Waals surface area contributed by atoms with Crippen molar-refractivity contribution < 1.29 is 23.1 Å². The molecule has 0 N–H and O–H groups in total. The molecule has 1 saturated heterocycles. The zero-order chi connectivity index (χ0) is 25.8. The van der Waals surface area contributed by atoms with Crippen molar-refractivity contribution in [3.05, 3.63) is 47.0 Å². The van der Waals surface area contributed by atoms with Crippen molar-refractivity contribution in [2.75, 3.05) is 18.0 Å². The van der Waals surface area contributed by atoms with Gasteiger partial charge in [0.1, 0.15) is 11.2 Å². The summed E-state index contributed by atoms with van der Waals surface area (Å²) in [5.74, 6) is -3.32. The molecule has 0 radical (unpaired) electrons. The number of hydrogen-bond acceptors (Lipinski definition) is 4. The van der Waals surface area contributed by atoms with Crippen LogP contribution in [0, 0.1) is 5.92 Å². The van der Waals surface area contributed by atoms with Gasteiger partial charge >= 0.3 is 6.09 Å². The molecule has 3 aliphatic rings. The molecule has 1 aromatic heterocycles. The third-order valence-electron chi connectivity index (χ3n) is 7.71. The van der Waals surface area contributed by atoms with Gasteiger partial charge in [-0.05, 0) is 51.2 Å². The molecule has 1 spiro atoms. The summed E-state index contributed by atoms with van der Waals surface area (Å²) >= 11 is 0. The van der Waals surface area contributed by atoms with E-state index in [2.05, 4.69) is 0 Å². The van der Waals surface area contributed by atoms with Crippen molar-refractivity contribution >= 4 is 17.7 Å². The number of amides is 2. The number of aromatic nitrogens is 2. The highest BCUT2D eigenvalue weighted by Crippen LogP contribution is 2.48. The number of carbonyl (C=O) groups excluding carboxylic acids is 2. The Hall–Kier alpha value is -2.97. The molecule has 3 heterocycles. The molecule has 0 unspecified atom stereocenters. The fourth-order valence-electron chi connectivity index (χ4n) is 5.57. The SMILES string of the molecule is CC(C)OC(=O)N1CC2(C1)C(=O)N(Cc1nc3c(n1CC(F)(F)C(C)C)CCCC3)c1ccccc12. The van der Waals surface area contributed by atoms with E-state index < -0.39 is 29.9 Å². The van der Waals surface area contributed by atoms with Crippen LogP contribution in [0.3, 0.4) is 0 Å². The Kier molecular flexibility index (Phi) is 6.08. The number of nitrogens with zero attached hydrogens (tertiary/aromatic N) is 4. The maximum atomic E-state index is 14.9. The van der Waals surface area contributed by atoms with Crippen molar-refractivity contribution in [3.8, 4) is 0 Å². The van der Waals surface area contributed by atoms with Gasteiger partial charge in [0.25, 0.3) is 5.92 Å². The molecule has 2 aromatic rings. The quantitative estimate of drug-likeness (QED) is 0.577. The molecule has 0 bridgehead atoms. The van der Waals surface area contributed by atoms with E-state index in [4.69, 9.17) is 9.72 Å². The van der Waals surface area contributed by atoms with Crippen LogP contribution in [0.1, 0.15) is 63.3 Å². The number of anilines is 1. The van der Waals surface area contributed by atoms with Crippen molar-refractivity contribution in [2.24, 2.45) is 5.92 Å². The molecule has 1 fully saturated rings. The van der Waals surface area contributed by atoms with E-state index in [1.54, 1.807) is 28.2 Å². The van der Waals surface area contributed by atoms with Gasteiger partial charge in [-0.1, -0.05) is 32.0 Å². The number of para-hydroxylation sites is 1. The fraction of sp³-hybridized carbons (Fsp3) is 0.593. The van der Waals surface area contributed by atoms with Gasteiger partial charge in [-0.15, -0.1) is 0 Å². The molecule has 1 aromatic carbocycles. The highest BCUT2D eigenvalue weighted by molar-refractivity contribution is 6.09. The van der Waals surface area contributed by atoms with Crippen LogP contribution in [0.15, 0.2) is 24.3 Å². The number of hydrogen-bond donors (Lipinski definition) is 0. The number of alkyl halides is 2. The lowest BCUT2D eigenvalue weighted by atomic mass is 9.75. The predicted octanol–water partition coefficient (Wildman–Crippen LogP) is 4.70. The molecule has 9 heteroatoms. The Balaban J connectivity index is 1.46. The fourth-order valence-corrected chi connectivity index (χ4v) is 5.57. The number of rotatable bonds is 6. The molecule has 0 saturated carbocycles. The van der Waals surface area contributed by atoms with E-state index >= 15 is 0 Å². The highest BCUT2D eigenvalue weighted by Gasteiger charge is 2.59. The van der Waals surface area contributed by atoms with Crippen LogP contribution in [0.4, 0.5) is 19.3 Å². The number of likely N-dealkylation sites (tertiary alicyclic amines) is 1. The molecule has 36 heavy (non-hydrogen) atoms. The molecular formula is C27H34F2N4O3. The summed E-state index contributed by atoms with van der Waals surface area (Å²) in [6.45, 7) is 6.79. The van der Waals surface area contributed by atoms with Crippen LogP contribution in [0.5, 0.6) is 0 Å². The molecule has 194 valence electrons. The lowest BCUT2D eigenvalue weighted by molar-refractivity contribution is -0.128. The standard InChI is InChI=1S/C27H34F2N4O3/c1-17(2)27(28,29)16-33-22-12-8-6-10-20(22)30-23(33)13-32-21-11-7-5-9-19(21)26(24(32)34)14-31(15-26)25(35)36-18(3)4/h5,7,9,11,17-18H,6,8,10,12-16H2,1-4H3. The smallest absolute Gasteiger partial charge is 0.410 e. The third kappa shape index (κ3) is 3.96. The average Bonchev–Trinajstić information content (AvgIpc) is 3.25. The zero-order valence-electron chi connectivity index (χ0n) is 21.4. The summed E-state index contributed by atoms with van der Waals surface area (Å²) in [7, 11) is 0. The first kappa shape index (κ1) is 24.7. The Labute approximate surface area is 210 Å². The monoisotopic (exact) mass is 500 g/mol. The highest BCUT2D eigenvalue weighted by atomic mass is 19.3. The number of imidazole rings is 1. The number of fused-ring (bicyclic) bond motifs is 3. The number of carbonyl (C=O) groups is 2. The Morgan fingerprint density at radius 3 is 2.53 bits per heavy atom. The van der Waals surface area contributed by atoms with Crippen LogP contribution in [-0.2, 0) is 40.9 Å². The van der Waals surface area contributed by atoms with Crippen LogP contribution in [0.2, 0.25) is 0 Å². The Bertz CT molecular complexity index is 1180.